The van der Waals surface area contributed by atoms with Crippen LogP contribution in [0.15, 0.2) is 97.6 Å². The molecule has 0 aliphatic rings. The van der Waals surface area contributed by atoms with Gasteiger partial charge in [-0.3, -0.25) is 9.48 Å². The number of carbonyl (C=O) groups is 1. The molecule has 0 aliphatic heterocycles. The summed E-state index contributed by atoms with van der Waals surface area (Å²) in [6.07, 6.45) is 7.35. The van der Waals surface area contributed by atoms with Crippen molar-refractivity contribution in [2.75, 3.05) is 0 Å². The molecule has 158 valence electrons. The fourth-order valence-electron chi connectivity index (χ4n) is 3.73. The molecule has 0 saturated heterocycles. The third-order valence-electron chi connectivity index (χ3n) is 5.30. The molecule has 0 unspecified atom stereocenters. The smallest absolute Gasteiger partial charge is 0.256 e. The molecular formula is C25H22N6O. The van der Waals surface area contributed by atoms with E-state index in [4.69, 9.17) is 5.10 Å². The molecule has 5 rings (SSSR count). The topological polar surface area (TPSA) is 69.7 Å². The summed E-state index contributed by atoms with van der Waals surface area (Å²) in [7, 11) is 1.82. The molecule has 1 amide bonds. The van der Waals surface area contributed by atoms with Crippen molar-refractivity contribution in [3.05, 3.63) is 109 Å². The van der Waals surface area contributed by atoms with E-state index in [1.165, 1.54) is 0 Å². The van der Waals surface area contributed by atoms with Crippen LogP contribution in [0, 0.1) is 0 Å². The highest BCUT2D eigenvalue weighted by Gasteiger charge is 2.19. The van der Waals surface area contributed by atoms with Crippen molar-refractivity contribution < 1.29 is 4.79 Å². The Morgan fingerprint density at radius 3 is 2.34 bits per heavy atom. The first-order chi connectivity index (χ1) is 15.7. The Balaban J connectivity index is 1.45. The first-order valence-electron chi connectivity index (χ1n) is 10.3. The Kier molecular flexibility index (Phi) is 5.13. The number of aromatic nitrogens is 5. The number of rotatable bonds is 6. The molecule has 3 aromatic heterocycles. The van der Waals surface area contributed by atoms with Crippen LogP contribution in [0.25, 0.3) is 22.8 Å². The molecule has 0 atom stereocenters. The van der Waals surface area contributed by atoms with Gasteiger partial charge in [-0.05, 0) is 24.3 Å². The Morgan fingerprint density at radius 2 is 1.62 bits per heavy atom. The van der Waals surface area contributed by atoms with Crippen LogP contribution in [-0.2, 0) is 13.6 Å². The van der Waals surface area contributed by atoms with E-state index in [2.05, 4.69) is 10.4 Å². The minimum atomic E-state index is -0.187. The highest BCUT2D eigenvalue weighted by Crippen LogP contribution is 2.24. The largest absolute Gasteiger partial charge is 0.348 e. The van der Waals surface area contributed by atoms with E-state index < -0.39 is 0 Å². The van der Waals surface area contributed by atoms with Crippen molar-refractivity contribution in [3.63, 3.8) is 0 Å². The van der Waals surface area contributed by atoms with E-state index in [-0.39, 0.29) is 5.91 Å². The fraction of sp³-hybridized carbons (Fsp3) is 0.0800. The molecule has 0 saturated carbocycles. The summed E-state index contributed by atoms with van der Waals surface area (Å²) in [5.74, 6) is 0.532. The first-order valence-corrected chi connectivity index (χ1v) is 10.3. The van der Waals surface area contributed by atoms with Crippen molar-refractivity contribution >= 4 is 5.91 Å². The Hall–Kier alpha value is -4.39. The monoisotopic (exact) mass is 422 g/mol. The minimum Gasteiger partial charge on any atom is -0.348 e. The average molecular weight is 422 g/mol. The summed E-state index contributed by atoms with van der Waals surface area (Å²) in [5, 5.41) is 12.1. The zero-order valence-electron chi connectivity index (χ0n) is 17.6. The van der Waals surface area contributed by atoms with Gasteiger partial charge in [0.1, 0.15) is 11.4 Å². The van der Waals surface area contributed by atoms with E-state index in [0.717, 1.165) is 28.3 Å². The Bertz CT molecular complexity index is 1330. The highest BCUT2D eigenvalue weighted by molar-refractivity contribution is 5.97. The summed E-state index contributed by atoms with van der Waals surface area (Å²) < 4.78 is 5.42. The summed E-state index contributed by atoms with van der Waals surface area (Å²) in [6, 6.07) is 23.8. The maximum absolute atomic E-state index is 13.1. The number of hydrogen-bond donors (Lipinski definition) is 1. The standard InChI is InChI=1S/C25H22N6O/c1-29-25(30-14-8-9-15-30)22(17-27-29)24(32)26-16-20-18-31(21-12-6-3-7-13-21)28-23(20)19-10-4-2-5-11-19/h2-15,17-18H,16H2,1H3,(H,26,32). The van der Waals surface area contributed by atoms with E-state index in [0.29, 0.717) is 12.1 Å². The first kappa shape index (κ1) is 19.6. The summed E-state index contributed by atoms with van der Waals surface area (Å²) >= 11 is 0. The number of nitrogens with zero attached hydrogens (tertiary/aromatic N) is 5. The van der Waals surface area contributed by atoms with Crippen molar-refractivity contribution in [3.8, 4) is 22.8 Å². The number of aryl methyl sites for hydroxylation is 1. The molecule has 0 spiro atoms. The lowest BCUT2D eigenvalue weighted by Gasteiger charge is -2.08. The molecule has 0 bridgehead atoms. The van der Waals surface area contributed by atoms with Crippen molar-refractivity contribution in [1.82, 2.24) is 29.4 Å². The Morgan fingerprint density at radius 1 is 0.938 bits per heavy atom. The van der Waals surface area contributed by atoms with Gasteiger partial charge in [-0.15, -0.1) is 0 Å². The lowest BCUT2D eigenvalue weighted by atomic mass is 10.1. The van der Waals surface area contributed by atoms with Crippen LogP contribution in [0.5, 0.6) is 0 Å². The average Bonchev–Trinajstić information content (AvgIpc) is 3.58. The molecule has 0 fully saturated rings. The predicted molar refractivity (Wildman–Crippen MR) is 123 cm³/mol. The van der Waals surface area contributed by atoms with Gasteiger partial charge in [0, 0.05) is 43.3 Å². The van der Waals surface area contributed by atoms with Gasteiger partial charge in [0.05, 0.1) is 17.6 Å². The summed E-state index contributed by atoms with van der Waals surface area (Å²) in [4.78, 5) is 13.1. The third-order valence-corrected chi connectivity index (χ3v) is 5.30. The van der Waals surface area contributed by atoms with Gasteiger partial charge in [-0.1, -0.05) is 48.5 Å². The van der Waals surface area contributed by atoms with Crippen molar-refractivity contribution in [2.45, 2.75) is 6.54 Å². The molecule has 0 radical (unpaired) electrons. The van der Waals surface area contributed by atoms with Crippen LogP contribution >= 0.6 is 0 Å². The van der Waals surface area contributed by atoms with Gasteiger partial charge in [0.25, 0.3) is 5.91 Å². The molecular weight excluding hydrogens is 400 g/mol. The van der Waals surface area contributed by atoms with E-state index in [9.17, 15) is 4.79 Å². The summed E-state index contributed by atoms with van der Waals surface area (Å²) in [6.45, 7) is 0.343. The second-order valence-electron chi connectivity index (χ2n) is 7.43. The summed E-state index contributed by atoms with van der Waals surface area (Å²) in [5.41, 5.74) is 4.25. The molecule has 0 aliphatic carbocycles. The number of amides is 1. The number of para-hydroxylation sites is 1. The number of nitrogens with one attached hydrogen (secondary N) is 1. The van der Waals surface area contributed by atoms with E-state index >= 15 is 0 Å². The van der Waals surface area contributed by atoms with Crippen LogP contribution in [0.4, 0.5) is 0 Å². The second kappa shape index (κ2) is 8.39. The molecule has 1 N–H and O–H groups in total. The van der Waals surface area contributed by atoms with Gasteiger partial charge < -0.3 is 9.88 Å². The maximum Gasteiger partial charge on any atom is 0.256 e. The van der Waals surface area contributed by atoms with E-state index in [1.54, 1.807) is 10.9 Å². The van der Waals surface area contributed by atoms with Crippen LogP contribution < -0.4 is 5.32 Å². The second-order valence-corrected chi connectivity index (χ2v) is 7.43. The quantitative estimate of drug-likeness (QED) is 0.450. The zero-order chi connectivity index (χ0) is 21.9. The van der Waals surface area contributed by atoms with Crippen LogP contribution in [-0.4, -0.2) is 30.0 Å². The molecule has 3 heterocycles. The number of carbonyl (C=O) groups excluding carboxylic acids is 1. The number of hydrogen-bond acceptors (Lipinski definition) is 3. The van der Waals surface area contributed by atoms with Gasteiger partial charge >= 0.3 is 0 Å². The molecule has 7 heteroatoms. The Labute approximate surface area is 185 Å². The van der Waals surface area contributed by atoms with Gasteiger partial charge in [-0.25, -0.2) is 4.68 Å². The maximum atomic E-state index is 13.1. The normalized spacial score (nSPS) is 10.9. The van der Waals surface area contributed by atoms with Gasteiger partial charge in [-0.2, -0.15) is 10.2 Å². The van der Waals surface area contributed by atoms with E-state index in [1.807, 2.05) is 108 Å². The fourth-order valence-corrected chi connectivity index (χ4v) is 3.73. The van der Waals surface area contributed by atoms with Gasteiger partial charge in [0.15, 0.2) is 0 Å². The highest BCUT2D eigenvalue weighted by atomic mass is 16.1. The predicted octanol–water partition coefficient (Wildman–Crippen LogP) is 3.99. The molecule has 5 aromatic rings. The van der Waals surface area contributed by atoms with Crippen molar-refractivity contribution in [2.24, 2.45) is 7.05 Å². The molecule has 7 nitrogen and oxygen atoms in total. The molecule has 32 heavy (non-hydrogen) atoms. The molecule has 2 aromatic carbocycles. The van der Waals surface area contributed by atoms with Gasteiger partial charge in [0.2, 0.25) is 0 Å². The SMILES string of the molecule is Cn1ncc(C(=O)NCc2cn(-c3ccccc3)nc2-c2ccccc2)c1-n1cccc1. The third kappa shape index (κ3) is 3.72. The lowest BCUT2D eigenvalue weighted by Crippen LogP contribution is -2.24. The lowest BCUT2D eigenvalue weighted by molar-refractivity contribution is 0.0951. The number of benzene rings is 2. The van der Waals surface area contributed by atoms with Crippen LogP contribution in [0.2, 0.25) is 0 Å². The van der Waals surface area contributed by atoms with Crippen molar-refractivity contribution in [1.29, 1.82) is 0 Å². The minimum absolute atomic E-state index is 0.187. The van der Waals surface area contributed by atoms with Crippen LogP contribution in [0.1, 0.15) is 15.9 Å². The zero-order valence-corrected chi connectivity index (χ0v) is 17.6. The van der Waals surface area contributed by atoms with Crippen LogP contribution in [0.3, 0.4) is 0 Å².